The second-order valence-corrected chi connectivity index (χ2v) is 11.9. The van der Waals surface area contributed by atoms with Crippen LogP contribution in [-0.2, 0) is 20.9 Å². The van der Waals surface area contributed by atoms with Crippen LogP contribution in [0.5, 0.6) is 0 Å². The summed E-state index contributed by atoms with van der Waals surface area (Å²) in [5, 5.41) is 6.14. The molecule has 0 radical (unpaired) electrons. The van der Waals surface area contributed by atoms with E-state index >= 15 is 0 Å². The molecule has 4 fully saturated rings. The van der Waals surface area contributed by atoms with Crippen LogP contribution < -0.4 is 15.5 Å². The van der Waals surface area contributed by atoms with E-state index in [1.165, 1.54) is 16.1 Å². The molecule has 2 N–H and O–H groups in total. The standard InChI is InChI=1S/C30H30N10O4/c1-16-4-5-31-27(35-16)21-7-22(21)29(42)37-25-8-24(33-15-34-25)32-9-19-11-38-10-18(17-2-3-17)6-23(28(38)36-19)39-12-26(41)40(30(39)43)20-13-44-14-20/h4-6,8,10-11,15,17,20-22H,2-3,7,9,12-14H2,1H3,(H2,32,33,34,37,42). The number of imide groups is 1. The molecular weight excluding hydrogens is 564 g/mol. The van der Waals surface area contributed by atoms with Crippen LogP contribution in [0.2, 0.25) is 0 Å². The predicted octanol–water partition coefficient (Wildman–Crippen LogP) is 2.62. The molecule has 0 bridgehead atoms. The van der Waals surface area contributed by atoms with Gasteiger partial charge in [0.2, 0.25) is 5.91 Å². The van der Waals surface area contributed by atoms with E-state index in [2.05, 4.69) is 36.8 Å². The molecule has 14 heteroatoms. The first kappa shape index (κ1) is 26.6. The number of fused-ring (bicyclic) bond motifs is 1. The van der Waals surface area contributed by atoms with Crippen molar-refractivity contribution in [1.29, 1.82) is 0 Å². The minimum absolute atomic E-state index is 0.0129. The quantitative estimate of drug-likeness (QED) is 0.276. The maximum Gasteiger partial charge on any atom is 0.332 e. The van der Waals surface area contributed by atoms with Crippen LogP contribution in [0, 0.1) is 12.8 Å². The lowest BCUT2D eigenvalue weighted by Gasteiger charge is -2.32. The van der Waals surface area contributed by atoms with Crippen molar-refractivity contribution in [2.75, 3.05) is 35.3 Å². The fraction of sp³-hybridized carbons (Fsp3) is 0.400. The average molecular weight is 595 g/mol. The fourth-order valence-electron chi connectivity index (χ4n) is 5.85. The summed E-state index contributed by atoms with van der Waals surface area (Å²) in [6.07, 6.45) is 9.98. The molecule has 224 valence electrons. The van der Waals surface area contributed by atoms with Crippen LogP contribution in [0.1, 0.15) is 53.9 Å². The molecule has 2 unspecified atom stereocenters. The van der Waals surface area contributed by atoms with E-state index in [4.69, 9.17) is 9.72 Å². The number of ether oxygens (including phenoxy) is 1. The van der Waals surface area contributed by atoms with E-state index in [0.717, 1.165) is 29.8 Å². The molecule has 14 nitrogen and oxygen atoms in total. The Balaban J connectivity index is 0.972. The highest BCUT2D eigenvalue weighted by Crippen LogP contribution is 2.46. The number of nitrogens with zero attached hydrogens (tertiary/aromatic N) is 8. The van der Waals surface area contributed by atoms with E-state index in [0.29, 0.717) is 60.9 Å². The van der Waals surface area contributed by atoms with Gasteiger partial charge in [-0.3, -0.25) is 19.4 Å². The number of anilines is 3. The van der Waals surface area contributed by atoms with Gasteiger partial charge in [-0.05, 0) is 49.8 Å². The summed E-state index contributed by atoms with van der Waals surface area (Å²) in [6, 6.07) is 4.97. The molecule has 8 rings (SSSR count). The third-order valence-electron chi connectivity index (χ3n) is 8.57. The number of hydrogen-bond donors (Lipinski definition) is 2. The Labute approximate surface area is 251 Å². The molecule has 4 amide bonds. The molecule has 2 saturated heterocycles. The molecule has 2 atom stereocenters. The second kappa shape index (κ2) is 10.3. The van der Waals surface area contributed by atoms with Crippen LogP contribution in [0.25, 0.3) is 5.65 Å². The molecule has 2 saturated carbocycles. The van der Waals surface area contributed by atoms with Gasteiger partial charge in [0, 0.05) is 42.2 Å². The van der Waals surface area contributed by atoms with Crippen molar-refractivity contribution < 1.29 is 19.1 Å². The van der Waals surface area contributed by atoms with E-state index < -0.39 is 0 Å². The minimum Gasteiger partial charge on any atom is -0.377 e. The molecule has 0 spiro atoms. The summed E-state index contributed by atoms with van der Waals surface area (Å²) in [5.74, 6) is 1.54. The van der Waals surface area contributed by atoms with Crippen LogP contribution in [-0.4, -0.2) is 77.9 Å². The first-order chi connectivity index (χ1) is 21.4. The fourth-order valence-corrected chi connectivity index (χ4v) is 5.85. The number of pyridine rings is 1. The van der Waals surface area contributed by atoms with Crippen LogP contribution >= 0.6 is 0 Å². The number of carbonyl (C=O) groups is 3. The zero-order valence-corrected chi connectivity index (χ0v) is 24.0. The number of nitrogens with one attached hydrogen (secondary N) is 2. The lowest BCUT2D eigenvalue weighted by molar-refractivity contribution is -0.134. The lowest BCUT2D eigenvalue weighted by atomic mass is 10.1. The van der Waals surface area contributed by atoms with Crippen LogP contribution in [0.4, 0.5) is 22.1 Å². The van der Waals surface area contributed by atoms with Crippen molar-refractivity contribution >= 4 is 40.8 Å². The zero-order valence-electron chi connectivity index (χ0n) is 24.0. The largest absolute Gasteiger partial charge is 0.377 e. The average Bonchev–Trinajstić information content (AvgIpc) is 3.91. The van der Waals surface area contributed by atoms with Crippen molar-refractivity contribution in [3.05, 3.63) is 65.9 Å². The summed E-state index contributed by atoms with van der Waals surface area (Å²) in [7, 11) is 0. The smallest absolute Gasteiger partial charge is 0.332 e. The Morgan fingerprint density at radius 1 is 1.07 bits per heavy atom. The number of aromatic nitrogens is 6. The van der Waals surface area contributed by atoms with E-state index in [-0.39, 0.29) is 42.3 Å². The number of imidazole rings is 1. The van der Waals surface area contributed by atoms with Gasteiger partial charge >= 0.3 is 6.03 Å². The van der Waals surface area contributed by atoms with Gasteiger partial charge in [-0.15, -0.1) is 0 Å². The molecular formula is C30H30N10O4. The number of rotatable bonds is 9. The molecule has 4 aromatic heterocycles. The van der Waals surface area contributed by atoms with Crippen LogP contribution in [0.3, 0.4) is 0 Å². The summed E-state index contributed by atoms with van der Waals surface area (Å²) in [6.45, 7) is 2.98. The first-order valence-electron chi connectivity index (χ1n) is 14.8. The van der Waals surface area contributed by atoms with Crippen LogP contribution in [0.15, 0.2) is 43.1 Å². The van der Waals surface area contributed by atoms with E-state index in [9.17, 15) is 14.4 Å². The van der Waals surface area contributed by atoms with Gasteiger partial charge in [0.1, 0.15) is 30.3 Å². The van der Waals surface area contributed by atoms with E-state index in [1.54, 1.807) is 12.3 Å². The normalized spacial score (nSPS) is 21.6. The van der Waals surface area contributed by atoms with E-state index in [1.807, 2.05) is 29.7 Å². The number of amides is 4. The van der Waals surface area contributed by atoms with Gasteiger partial charge in [-0.2, -0.15) is 0 Å². The molecule has 44 heavy (non-hydrogen) atoms. The zero-order chi connectivity index (χ0) is 29.9. The Kier molecular flexibility index (Phi) is 6.25. The van der Waals surface area contributed by atoms with Gasteiger partial charge in [-0.1, -0.05) is 0 Å². The van der Waals surface area contributed by atoms with Crippen molar-refractivity contribution in [2.45, 2.75) is 50.6 Å². The molecule has 2 aliphatic heterocycles. The Morgan fingerprint density at radius 3 is 2.68 bits per heavy atom. The number of hydrogen-bond acceptors (Lipinski definition) is 10. The second-order valence-electron chi connectivity index (χ2n) is 11.9. The number of carbonyl (C=O) groups excluding carboxylic acids is 3. The SMILES string of the molecule is Cc1ccnc(C2CC2C(=O)Nc2cc(NCc3cn4cc(C5CC5)cc(N5CC(=O)N(C6COC6)C5=O)c4n3)ncn2)n1. The third kappa shape index (κ3) is 4.90. The van der Waals surface area contributed by atoms with Crippen molar-refractivity contribution in [3.8, 4) is 0 Å². The number of aryl methyl sites for hydroxylation is 1. The Bertz CT molecular complexity index is 1820. The van der Waals surface area contributed by atoms with Crippen molar-refractivity contribution in [3.63, 3.8) is 0 Å². The highest BCUT2D eigenvalue weighted by molar-refractivity contribution is 6.13. The van der Waals surface area contributed by atoms with Gasteiger partial charge in [0.05, 0.1) is 37.2 Å². The maximum absolute atomic E-state index is 13.3. The van der Waals surface area contributed by atoms with Gasteiger partial charge in [-0.25, -0.2) is 29.7 Å². The third-order valence-corrected chi connectivity index (χ3v) is 8.57. The Hall–Kier alpha value is -4.98. The molecule has 4 aliphatic rings. The van der Waals surface area contributed by atoms with Gasteiger partial charge in [0.25, 0.3) is 5.91 Å². The summed E-state index contributed by atoms with van der Waals surface area (Å²) >= 11 is 0. The first-order valence-corrected chi connectivity index (χ1v) is 14.8. The minimum atomic E-state index is -0.333. The van der Waals surface area contributed by atoms with Gasteiger partial charge < -0.3 is 19.8 Å². The molecule has 4 aromatic rings. The van der Waals surface area contributed by atoms with Crippen molar-refractivity contribution in [1.82, 2.24) is 34.2 Å². The summed E-state index contributed by atoms with van der Waals surface area (Å²) in [4.78, 5) is 63.9. The van der Waals surface area contributed by atoms with Gasteiger partial charge in [0.15, 0.2) is 5.65 Å². The highest BCUT2D eigenvalue weighted by Gasteiger charge is 2.46. The molecule has 6 heterocycles. The maximum atomic E-state index is 13.3. The summed E-state index contributed by atoms with van der Waals surface area (Å²) < 4.78 is 7.16. The number of urea groups is 1. The molecule has 0 aromatic carbocycles. The van der Waals surface area contributed by atoms with Crippen molar-refractivity contribution in [2.24, 2.45) is 5.92 Å². The summed E-state index contributed by atoms with van der Waals surface area (Å²) in [5.41, 5.74) is 3.96. The topological polar surface area (TPSA) is 160 Å². The lowest BCUT2D eigenvalue weighted by Crippen LogP contribution is -2.52. The molecule has 2 aliphatic carbocycles. The predicted molar refractivity (Wildman–Crippen MR) is 157 cm³/mol. The Morgan fingerprint density at radius 2 is 1.91 bits per heavy atom. The highest BCUT2D eigenvalue weighted by atomic mass is 16.5. The monoisotopic (exact) mass is 594 g/mol.